The first kappa shape index (κ1) is 14.1. The van der Waals surface area contributed by atoms with Crippen LogP contribution in [-0.4, -0.2) is 35.1 Å². The van der Waals surface area contributed by atoms with E-state index in [2.05, 4.69) is 10.5 Å². The zero-order chi connectivity index (χ0) is 14.5. The van der Waals surface area contributed by atoms with E-state index in [-0.39, 0.29) is 17.8 Å². The van der Waals surface area contributed by atoms with Crippen molar-refractivity contribution in [2.24, 2.45) is 16.8 Å². The SMILES string of the molecule is NC(=NO)C1CCCN(C(=O)Nc2cccc(F)c2)C1. The van der Waals surface area contributed by atoms with Crippen LogP contribution in [0.1, 0.15) is 12.8 Å². The van der Waals surface area contributed by atoms with Crippen molar-refractivity contribution in [1.29, 1.82) is 0 Å². The minimum Gasteiger partial charge on any atom is -0.409 e. The summed E-state index contributed by atoms with van der Waals surface area (Å²) < 4.78 is 13.0. The molecule has 1 atom stereocenters. The molecule has 1 unspecified atom stereocenters. The van der Waals surface area contributed by atoms with Gasteiger partial charge in [0, 0.05) is 24.7 Å². The number of rotatable bonds is 2. The smallest absolute Gasteiger partial charge is 0.321 e. The highest BCUT2D eigenvalue weighted by atomic mass is 19.1. The molecular weight excluding hydrogens is 263 g/mol. The topological polar surface area (TPSA) is 91.0 Å². The molecule has 1 aromatic carbocycles. The van der Waals surface area contributed by atoms with Crippen LogP contribution in [0.2, 0.25) is 0 Å². The average molecular weight is 280 g/mol. The summed E-state index contributed by atoms with van der Waals surface area (Å²) in [4.78, 5) is 13.7. The van der Waals surface area contributed by atoms with E-state index in [1.54, 1.807) is 11.0 Å². The van der Waals surface area contributed by atoms with E-state index in [1.165, 1.54) is 18.2 Å². The highest BCUT2D eigenvalue weighted by Gasteiger charge is 2.26. The van der Waals surface area contributed by atoms with Crippen molar-refractivity contribution in [3.63, 3.8) is 0 Å². The monoisotopic (exact) mass is 280 g/mol. The fourth-order valence-electron chi connectivity index (χ4n) is 2.25. The van der Waals surface area contributed by atoms with Gasteiger partial charge in [-0.1, -0.05) is 11.2 Å². The number of hydrogen-bond acceptors (Lipinski definition) is 3. The van der Waals surface area contributed by atoms with Gasteiger partial charge in [-0.15, -0.1) is 0 Å². The molecular formula is C13H17FN4O2. The van der Waals surface area contributed by atoms with E-state index in [9.17, 15) is 9.18 Å². The molecule has 0 bridgehead atoms. The number of halogens is 1. The van der Waals surface area contributed by atoms with Gasteiger partial charge in [-0.25, -0.2) is 9.18 Å². The Morgan fingerprint density at radius 3 is 3.05 bits per heavy atom. The Kier molecular flexibility index (Phi) is 4.39. The molecule has 1 saturated heterocycles. The van der Waals surface area contributed by atoms with Crippen LogP contribution in [0.25, 0.3) is 0 Å². The lowest BCUT2D eigenvalue weighted by molar-refractivity contribution is 0.190. The number of amides is 2. The molecule has 1 heterocycles. The summed E-state index contributed by atoms with van der Waals surface area (Å²) >= 11 is 0. The zero-order valence-corrected chi connectivity index (χ0v) is 10.9. The lowest BCUT2D eigenvalue weighted by Crippen LogP contribution is -2.45. The molecule has 1 aliphatic rings. The lowest BCUT2D eigenvalue weighted by atomic mass is 9.97. The van der Waals surface area contributed by atoms with Crippen LogP contribution < -0.4 is 11.1 Å². The largest absolute Gasteiger partial charge is 0.409 e. The first-order valence-corrected chi connectivity index (χ1v) is 6.39. The van der Waals surface area contributed by atoms with E-state index in [4.69, 9.17) is 10.9 Å². The number of nitrogens with zero attached hydrogens (tertiary/aromatic N) is 2. The number of amidine groups is 1. The third-order valence-corrected chi connectivity index (χ3v) is 3.32. The van der Waals surface area contributed by atoms with Crippen molar-refractivity contribution in [2.45, 2.75) is 12.8 Å². The molecule has 4 N–H and O–H groups in total. The highest BCUT2D eigenvalue weighted by Crippen LogP contribution is 2.18. The van der Waals surface area contributed by atoms with Crippen LogP contribution in [0, 0.1) is 11.7 Å². The summed E-state index contributed by atoms with van der Waals surface area (Å²) in [6, 6.07) is 5.39. The van der Waals surface area contributed by atoms with Crippen molar-refractivity contribution in [3.05, 3.63) is 30.1 Å². The first-order valence-electron chi connectivity index (χ1n) is 6.39. The number of urea groups is 1. The molecule has 2 amide bonds. The number of hydrogen-bond donors (Lipinski definition) is 3. The van der Waals surface area contributed by atoms with Crippen LogP contribution in [0.4, 0.5) is 14.9 Å². The third-order valence-electron chi connectivity index (χ3n) is 3.32. The maximum Gasteiger partial charge on any atom is 0.321 e. The maximum atomic E-state index is 13.0. The number of oxime groups is 1. The standard InChI is InChI=1S/C13H17FN4O2/c14-10-4-1-5-11(7-10)16-13(19)18-6-2-3-9(8-18)12(15)17-20/h1,4-5,7,9,20H,2-3,6,8H2,(H2,15,17)(H,16,19). The van der Waals surface area contributed by atoms with Crippen molar-refractivity contribution >= 4 is 17.6 Å². The molecule has 0 saturated carbocycles. The molecule has 1 fully saturated rings. The molecule has 20 heavy (non-hydrogen) atoms. The molecule has 0 aliphatic carbocycles. The Hall–Kier alpha value is -2.31. The molecule has 1 aromatic rings. The molecule has 0 radical (unpaired) electrons. The van der Waals surface area contributed by atoms with Gasteiger partial charge in [0.1, 0.15) is 11.7 Å². The minimum absolute atomic E-state index is 0.133. The second-order valence-electron chi connectivity index (χ2n) is 4.75. The average Bonchev–Trinajstić information content (AvgIpc) is 2.46. The van der Waals surface area contributed by atoms with Crippen molar-refractivity contribution in [3.8, 4) is 0 Å². The van der Waals surface area contributed by atoms with Crippen LogP contribution in [0.3, 0.4) is 0 Å². The van der Waals surface area contributed by atoms with Gasteiger partial charge in [-0.05, 0) is 31.0 Å². The summed E-state index contributed by atoms with van der Waals surface area (Å²) in [5.41, 5.74) is 5.98. The van der Waals surface area contributed by atoms with Crippen molar-refractivity contribution in [2.75, 3.05) is 18.4 Å². The second-order valence-corrected chi connectivity index (χ2v) is 4.75. The Labute approximate surface area is 116 Å². The predicted octanol–water partition coefficient (Wildman–Crippen LogP) is 1.82. The number of nitrogens with one attached hydrogen (secondary N) is 1. The van der Waals surface area contributed by atoms with Crippen LogP contribution >= 0.6 is 0 Å². The number of likely N-dealkylation sites (tertiary alicyclic amines) is 1. The summed E-state index contributed by atoms with van der Waals surface area (Å²) in [5, 5.41) is 14.3. The van der Waals surface area contributed by atoms with Crippen LogP contribution in [0.5, 0.6) is 0 Å². The molecule has 0 spiro atoms. The van der Waals surface area contributed by atoms with E-state index in [0.717, 1.165) is 12.8 Å². The van der Waals surface area contributed by atoms with Crippen molar-refractivity contribution in [1.82, 2.24) is 4.90 Å². The number of carbonyl (C=O) groups is 1. The lowest BCUT2D eigenvalue weighted by Gasteiger charge is -2.32. The van der Waals surface area contributed by atoms with E-state index in [0.29, 0.717) is 18.8 Å². The zero-order valence-electron chi connectivity index (χ0n) is 10.9. The number of nitrogens with two attached hydrogens (primary N) is 1. The second kappa shape index (κ2) is 6.23. The van der Waals surface area contributed by atoms with E-state index in [1.807, 2.05) is 0 Å². The summed E-state index contributed by atoms with van der Waals surface area (Å²) in [6.07, 6.45) is 1.55. The van der Waals surface area contributed by atoms with E-state index >= 15 is 0 Å². The molecule has 2 rings (SSSR count). The van der Waals surface area contributed by atoms with Gasteiger partial charge in [-0.3, -0.25) is 0 Å². The quantitative estimate of drug-likeness (QED) is 0.334. The Morgan fingerprint density at radius 1 is 1.55 bits per heavy atom. The summed E-state index contributed by atoms with van der Waals surface area (Å²) in [5.74, 6) is -0.420. The molecule has 1 aliphatic heterocycles. The Balaban J connectivity index is 1.98. The minimum atomic E-state index is -0.407. The normalized spacial score (nSPS) is 19.8. The molecule has 0 aromatic heterocycles. The number of carbonyl (C=O) groups excluding carboxylic acids is 1. The van der Waals surface area contributed by atoms with Crippen LogP contribution in [0.15, 0.2) is 29.4 Å². The molecule has 7 heteroatoms. The van der Waals surface area contributed by atoms with Gasteiger partial charge in [0.2, 0.25) is 0 Å². The van der Waals surface area contributed by atoms with Gasteiger partial charge in [-0.2, -0.15) is 0 Å². The van der Waals surface area contributed by atoms with Gasteiger partial charge in [0.25, 0.3) is 0 Å². The van der Waals surface area contributed by atoms with E-state index < -0.39 is 5.82 Å². The van der Waals surface area contributed by atoms with Gasteiger partial charge < -0.3 is 21.2 Å². The fraction of sp³-hybridized carbons (Fsp3) is 0.385. The number of anilines is 1. The Bertz CT molecular complexity index is 521. The Morgan fingerprint density at radius 2 is 2.35 bits per heavy atom. The summed E-state index contributed by atoms with van der Waals surface area (Å²) in [6.45, 7) is 0.980. The molecule has 108 valence electrons. The van der Waals surface area contributed by atoms with Crippen LogP contribution in [-0.2, 0) is 0 Å². The van der Waals surface area contributed by atoms with Gasteiger partial charge in [0.15, 0.2) is 0 Å². The first-order chi connectivity index (χ1) is 9.60. The number of benzene rings is 1. The van der Waals surface area contributed by atoms with Gasteiger partial charge >= 0.3 is 6.03 Å². The highest BCUT2D eigenvalue weighted by molar-refractivity contribution is 5.90. The van der Waals surface area contributed by atoms with Gasteiger partial charge in [0.05, 0.1) is 0 Å². The fourth-order valence-corrected chi connectivity index (χ4v) is 2.25. The predicted molar refractivity (Wildman–Crippen MR) is 73.1 cm³/mol. The number of piperidine rings is 1. The summed E-state index contributed by atoms with van der Waals surface area (Å²) in [7, 11) is 0. The third kappa shape index (κ3) is 3.37. The molecule has 6 nitrogen and oxygen atoms in total. The maximum absolute atomic E-state index is 13.0. The van der Waals surface area contributed by atoms with Crippen molar-refractivity contribution < 1.29 is 14.4 Å².